The molecule has 3 rings (SSSR count). The molecule has 5 heteroatoms. The van der Waals surface area contributed by atoms with E-state index in [1.54, 1.807) is 11.3 Å². The fourth-order valence-electron chi connectivity index (χ4n) is 2.84. The molecule has 4 nitrogen and oxygen atoms in total. The molecular formula is C22H24N2O2S. The van der Waals surface area contributed by atoms with Crippen molar-refractivity contribution in [3.05, 3.63) is 82.0 Å². The number of ether oxygens (including phenoxy) is 1. The summed E-state index contributed by atoms with van der Waals surface area (Å²) in [6.45, 7) is 4.75. The van der Waals surface area contributed by atoms with Crippen LogP contribution in [-0.2, 0) is 4.79 Å². The standard InChI is InChI=1S/C22H24N2O2S/c1-3-26-19-8-5-4-7-18(19)24-21(25)15-23-22(20-9-6-14-27-20)17-12-10-16(2)11-13-17/h4-14,22-23H,3,15H2,1-2H3,(H,24,25)/t22-/m0/s1. The molecule has 1 aromatic heterocycles. The average Bonchev–Trinajstić information content (AvgIpc) is 3.19. The van der Waals surface area contributed by atoms with E-state index in [1.165, 1.54) is 10.4 Å². The third-order valence-electron chi connectivity index (χ3n) is 4.17. The summed E-state index contributed by atoms with van der Waals surface area (Å²) >= 11 is 1.68. The van der Waals surface area contributed by atoms with Gasteiger partial charge in [-0.3, -0.25) is 10.1 Å². The number of anilines is 1. The lowest BCUT2D eigenvalue weighted by atomic mass is 10.0. The first-order valence-electron chi connectivity index (χ1n) is 9.02. The minimum Gasteiger partial charge on any atom is -0.492 e. The number of nitrogens with one attached hydrogen (secondary N) is 2. The molecule has 1 atom stereocenters. The zero-order valence-corrected chi connectivity index (χ0v) is 16.4. The summed E-state index contributed by atoms with van der Waals surface area (Å²) in [6, 6.07) is 20.0. The van der Waals surface area contributed by atoms with Crippen molar-refractivity contribution in [2.45, 2.75) is 19.9 Å². The van der Waals surface area contributed by atoms with Gasteiger partial charge in [-0.05, 0) is 43.0 Å². The Kier molecular flexibility index (Phi) is 6.63. The van der Waals surface area contributed by atoms with E-state index in [4.69, 9.17) is 4.74 Å². The van der Waals surface area contributed by atoms with Gasteiger partial charge in [0.2, 0.25) is 5.91 Å². The first-order valence-corrected chi connectivity index (χ1v) is 9.90. The van der Waals surface area contributed by atoms with Crippen molar-refractivity contribution < 1.29 is 9.53 Å². The summed E-state index contributed by atoms with van der Waals surface area (Å²) in [5, 5.41) is 8.37. The van der Waals surface area contributed by atoms with Gasteiger partial charge in [-0.25, -0.2) is 0 Å². The third kappa shape index (κ3) is 5.18. The molecule has 0 spiro atoms. The van der Waals surface area contributed by atoms with E-state index in [-0.39, 0.29) is 18.5 Å². The monoisotopic (exact) mass is 380 g/mol. The molecular weight excluding hydrogens is 356 g/mol. The number of carbonyl (C=O) groups excluding carboxylic acids is 1. The molecule has 1 amide bonds. The highest BCUT2D eigenvalue weighted by molar-refractivity contribution is 7.10. The van der Waals surface area contributed by atoms with Gasteiger partial charge in [0.1, 0.15) is 5.75 Å². The summed E-state index contributed by atoms with van der Waals surface area (Å²) < 4.78 is 5.57. The predicted octanol–water partition coefficient (Wildman–Crippen LogP) is 4.77. The topological polar surface area (TPSA) is 50.4 Å². The van der Waals surface area contributed by atoms with Crippen LogP contribution >= 0.6 is 11.3 Å². The second-order valence-electron chi connectivity index (χ2n) is 6.22. The lowest BCUT2D eigenvalue weighted by Gasteiger charge is -2.18. The van der Waals surface area contributed by atoms with Crippen molar-refractivity contribution in [1.29, 1.82) is 0 Å². The van der Waals surface area contributed by atoms with Crippen LogP contribution in [0.4, 0.5) is 5.69 Å². The highest BCUT2D eigenvalue weighted by atomic mass is 32.1. The van der Waals surface area contributed by atoms with Gasteiger partial charge in [-0.2, -0.15) is 0 Å². The van der Waals surface area contributed by atoms with Gasteiger partial charge < -0.3 is 10.1 Å². The summed E-state index contributed by atoms with van der Waals surface area (Å²) in [7, 11) is 0. The Labute approximate surface area is 164 Å². The Morgan fingerprint density at radius 3 is 2.56 bits per heavy atom. The van der Waals surface area contributed by atoms with E-state index in [0.717, 1.165) is 5.56 Å². The Balaban J connectivity index is 1.69. The maximum Gasteiger partial charge on any atom is 0.238 e. The molecule has 0 unspecified atom stereocenters. The highest BCUT2D eigenvalue weighted by Crippen LogP contribution is 2.27. The van der Waals surface area contributed by atoms with Gasteiger partial charge in [-0.15, -0.1) is 11.3 Å². The molecule has 0 saturated heterocycles. The van der Waals surface area contributed by atoms with Crippen LogP contribution in [0.5, 0.6) is 5.75 Å². The Hall–Kier alpha value is -2.63. The molecule has 0 radical (unpaired) electrons. The molecule has 0 bridgehead atoms. The Bertz CT molecular complexity index is 860. The Morgan fingerprint density at radius 2 is 1.85 bits per heavy atom. The van der Waals surface area contributed by atoms with E-state index >= 15 is 0 Å². The minimum atomic E-state index is -0.101. The van der Waals surface area contributed by atoms with Crippen molar-refractivity contribution in [1.82, 2.24) is 5.32 Å². The fourth-order valence-corrected chi connectivity index (χ4v) is 3.66. The van der Waals surface area contributed by atoms with Crippen molar-refractivity contribution >= 4 is 22.9 Å². The summed E-state index contributed by atoms with van der Waals surface area (Å²) in [5.74, 6) is 0.581. The average molecular weight is 381 g/mol. The predicted molar refractivity (Wildman–Crippen MR) is 112 cm³/mol. The molecule has 0 aliphatic rings. The number of aryl methyl sites for hydroxylation is 1. The number of hydrogen-bond donors (Lipinski definition) is 2. The van der Waals surface area contributed by atoms with Gasteiger partial charge in [-0.1, -0.05) is 48.0 Å². The van der Waals surface area contributed by atoms with Gasteiger partial charge in [0.15, 0.2) is 0 Å². The second kappa shape index (κ2) is 9.35. The van der Waals surface area contributed by atoms with Crippen molar-refractivity contribution in [3.8, 4) is 5.75 Å². The van der Waals surface area contributed by atoms with Crippen LogP contribution in [-0.4, -0.2) is 19.1 Å². The molecule has 27 heavy (non-hydrogen) atoms. The maximum atomic E-state index is 12.5. The minimum absolute atomic E-state index is 0.0153. The molecule has 2 N–H and O–H groups in total. The fraction of sp³-hybridized carbons (Fsp3) is 0.227. The number of thiophene rings is 1. The highest BCUT2D eigenvalue weighted by Gasteiger charge is 2.16. The van der Waals surface area contributed by atoms with Crippen LogP contribution in [0.3, 0.4) is 0 Å². The van der Waals surface area contributed by atoms with E-state index in [1.807, 2.05) is 37.3 Å². The zero-order chi connectivity index (χ0) is 19.1. The number of rotatable bonds is 8. The van der Waals surface area contributed by atoms with Crippen LogP contribution < -0.4 is 15.4 Å². The first-order chi connectivity index (χ1) is 13.2. The lowest BCUT2D eigenvalue weighted by molar-refractivity contribution is -0.115. The smallest absolute Gasteiger partial charge is 0.238 e. The van der Waals surface area contributed by atoms with Gasteiger partial charge >= 0.3 is 0 Å². The van der Waals surface area contributed by atoms with Crippen LogP contribution in [0.2, 0.25) is 0 Å². The number of para-hydroxylation sites is 2. The number of hydrogen-bond acceptors (Lipinski definition) is 4. The van der Waals surface area contributed by atoms with Crippen LogP contribution in [0.1, 0.15) is 29.0 Å². The quantitative estimate of drug-likeness (QED) is 0.592. The van der Waals surface area contributed by atoms with Crippen molar-refractivity contribution in [2.24, 2.45) is 0 Å². The molecule has 0 aliphatic carbocycles. The van der Waals surface area contributed by atoms with Crippen molar-refractivity contribution in [3.63, 3.8) is 0 Å². The molecule has 3 aromatic rings. The number of amides is 1. The van der Waals surface area contributed by atoms with Gasteiger partial charge in [0.25, 0.3) is 0 Å². The molecule has 0 fully saturated rings. The summed E-state index contributed by atoms with van der Waals surface area (Å²) in [6.07, 6.45) is 0. The number of carbonyl (C=O) groups is 1. The number of benzene rings is 2. The summed E-state index contributed by atoms with van der Waals surface area (Å²) in [4.78, 5) is 13.7. The van der Waals surface area contributed by atoms with E-state index in [9.17, 15) is 4.79 Å². The van der Waals surface area contributed by atoms with Crippen LogP contribution in [0.15, 0.2) is 66.0 Å². The van der Waals surface area contributed by atoms with Crippen molar-refractivity contribution in [2.75, 3.05) is 18.5 Å². The molecule has 1 heterocycles. The van der Waals surface area contributed by atoms with Gasteiger partial charge in [0.05, 0.1) is 24.9 Å². The summed E-state index contributed by atoms with van der Waals surface area (Å²) in [5.41, 5.74) is 3.05. The van der Waals surface area contributed by atoms with E-state index in [0.29, 0.717) is 18.0 Å². The third-order valence-corrected chi connectivity index (χ3v) is 5.10. The first kappa shape index (κ1) is 19.1. The largest absolute Gasteiger partial charge is 0.492 e. The van der Waals surface area contributed by atoms with Gasteiger partial charge in [0, 0.05) is 4.88 Å². The van der Waals surface area contributed by atoms with E-state index < -0.39 is 0 Å². The van der Waals surface area contributed by atoms with E-state index in [2.05, 4.69) is 53.3 Å². The normalized spacial score (nSPS) is 11.8. The Morgan fingerprint density at radius 1 is 1.07 bits per heavy atom. The second-order valence-corrected chi connectivity index (χ2v) is 7.20. The molecule has 140 valence electrons. The molecule has 0 aliphatic heterocycles. The SMILES string of the molecule is CCOc1ccccc1NC(=O)CN[C@@H](c1ccc(C)cc1)c1cccs1. The van der Waals surface area contributed by atoms with Crippen LogP contribution in [0.25, 0.3) is 0 Å². The molecule has 0 saturated carbocycles. The zero-order valence-electron chi connectivity index (χ0n) is 15.6. The maximum absolute atomic E-state index is 12.5. The lowest BCUT2D eigenvalue weighted by Crippen LogP contribution is -2.31. The van der Waals surface area contributed by atoms with Crippen LogP contribution in [0, 0.1) is 6.92 Å². The molecule has 2 aromatic carbocycles.